The minimum atomic E-state index is -0.914. The lowest BCUT2D eigenvalue weighted by atomic mass is 9.78. The maximum Gasteiger partial charge on any atom is 0.306 e. The molecule has 1 aromatic rings. The molecule has 1 fully saturated rings. The zero-order chi connectivity index (χ0) is 17.9. The van der Waals surface area contributed by atoms with E-state index in [0.29, 0.717) is 17.9 Å². The minimum absolute atomic E-state index is 0.235. The first-order valence-electron chi connectivity index (χ1n) is 8.39. The second-order valence-electron chi connectivity index (χ2n) is 6.82. The van der Waals surface area contributed by atoms with Crippen LogP contribution in [0.25, 0.3) is 0 Å². The number of nitro groups is 1. The number of nitrogens with two attached hydrogens (primary N) is 1. The van der Waals surface area contributed by atoms with Gasteiger partial charge in [0.05, 0.1) is 11.0 Å². The van der Waals surface area contributed by atoms with Crippen molar-refractivity contribution < 1.29 is 19.4 Å². The van der Waals surface area contributed by atoms with E-state index in [4.69, 9.17) is 0 Å². The summed E-state index contributed by atoms with van der Waals surface area (Å²) in [6.07, 6.45) is 3.49. The molecule has 0 aromatic heterocycles. The fourth-order valence-corrected chi connectivity index (χ4v) is 3.34. The van der Waals surface area contributed by atoms with E-state index in [1.165, 1.54) is 18.9 Å². The zero-order valence-corrected chi connectivity index (χ0v) is 14.3. The van der Waals surface area contributed by atoms with Crippen molar-refractivity contribution >= 4 is 17.3 Å². The van der Waals surface area contributed by atoms with Crippen molar-refractivity contribution in [1.29, 1.82) is 0 Å². The Morgan fingerprint density at radius 2 is 2.12 bits per heavy atom. The smallest absolute Gasteiger partial charge is 0.306 e. The number of amides is 1. The highest BCUT2D eigenvalue weighted by molar-refractivity contribution is 5.93. The van der Waals surface area contributed by atoms with E-state index in [2.05, 4.69) is 24.5 Å². The molecule has 132 valence electrons. The number of hydrogen-bond acceptors (Lipinski definition) is 3. The molecule has 0 unspecified atom stereocenters. The fourth-order valence-electron chi connectivity index (χ4n) is 3.34. The molecule has 2 rings (SSSR count). The minimum Gasteiger partial charge on any atom is -0.334 e. The molecular formula is C17H25FN3O3+. The maximum absolute atomic E-state index is 13.3. The highest BCUT2D eigenvalue weighted by Crippen LogP contribution is 2.27. The van der Waals surface area contributed by atoms with Crippen molar-refractivity contribution in [2.45, 2.75) is 52.1 Å². The van der Waals surface area contributed by atoms with Crippen molar-refractivity contribution in [3.63, 3.8) is 0 Å². The number of carbonyl (C=O) groups excluding carboxylic acids is 1. The molecule has 0 saturated heterocycles. The molecule has 0 bridgehead atoms. The lowest BCUT2D eigenvalue weighted by molar-refractivity contribution is -0.715. The van der Waals surface area contributed by atoms with Gasteiger partial charge in [-0.15, -0.1) is 0 Å². The van der Waals surface area contributed by atoms with Gasteiger partial charge in [0.2, 0.25) is 5.82 Å². The molecule has 24 heavy (non-hydrogen) atoms. The Kier molecular flexibility index (Phi) is 5.88. The number of nitrogens with one attached hydrogen (secondary N) is 1. The first-order valence-corrected chi connectivity index (χ1v) is 8.39. The van der Waals surface area contributed by atoms with Gasteiger partial charge in [0.15, 0.2) is 6.04 Å². The Balaban J connectivity index is 1.99. The molecule has 1 aliphatic rings. The van der Waals surface area contributed by atoms with Crippen LogP contribution in [0.3, 0.4) is 0 Å². The van der Waals surface area contributed by atoms with Crippen LogP contribution in [-0.2, 0) is 4.79 Å². The number of carbonyl (C=O) groups is 1. The quantitative estimate of drug-likeness (QED) is 0.638. The van der Waals surface area contributed by atoms with Gasteiger partial charge in [-0.1, -0.05) is 13.8 Å². The predicted octanol–water partition coefficient (Wildman–Crippen LogP) is 2.45. The first-order chi connectivity index (χ1) is 11.3. The van der Waals surface area contributed by atoms with E-state index in [0.717, 1.165) is 18.6 Å². The van der Waals surface area contributed by atoms with Crippen LogP contribution in [-0.4, -0.2) is 22.9 Å². The Morgan fingerprint density at radius 1 is 1.42 bits per heavy atom. The van der Waals surface area contributed by atoms with E-state index in [9.17, 15) is 19.3 Å². The Labute approximate surface area is 141 Å². The van der Waals surface area contributed by atoms with Gasteiger partial charge < -0.3 is 10.6 Å². The van der Waals surface area contributed by atoms with E-state index in [1.807, 2.05) is 6.92 Å². The van der Waals surface area contributed by atoms with Crippen molar-refractivity contribution in [3.05, 3.63) is 34.1 Å². The van der Waals surface area contributed by atoms with Gasteiger partial charge in [-0.2, -0.15) is 4.39 Å². The van der Waals surface area contributed by atoms with Gasteiger partial charge in [0.25, 0.3) is 5.91 Å². The van der Waals surface area contributed by atoms with Crippen molar-refractivity contribution in [3.8, 4) is 0 Å². The van der Waals surface area contributed by atoms with Gasteiger partial charge in [0, 0.05) is 17.7 Å². The highest BCUT2D eigenvalue weighted by Gasteiger charge is 2.32. The van der Waals surface area contributed by atoms with Crippen LogP contribution in [0.5, 0.6) is 0 Å². The van der Waals surface area contributed by atoms with E-state index in [-0.39, 0.29) is 17.6 Å². The number of nitrogens with zero attached hydrogens (tertiary/aromatic N) is 1. The molecule has 1 aliphatic carbocycles. The number of halogens is 1. The van der Waals surface area contributed by atoms with Crippen LogP contribution in [0, 0.1) is 27.8 Å². The molecule has 7 heteroatoms. The number of benzene rings is 1. The van der Waals surface area contributed by atoms with Gasteiger partial charge in [-0.3, -0.25) is 14.9 Å². The lowest BCUT2D eigenvalue weighted by Gasteiger charge is -2.33. The van der Waals surface area contributed by atoms with Gasteiger partial charge >= 0.3 is 5.69 Å². The Morgan fingerprint density at radius 3 is 2.79 bits per heavy atom. The summed E-state index contributed by atoms with van der Waals surface area (Å²) in [5, 5.41) is 15.5. The van der Waals surface area contributed by atoms with E-state index in [1.54, 1.807) is 0 Å². The summed E-state index contributed by atoms with van der Waals surface area (Å²) >= 11 is 0. The van der Waals surface area contributed by atoms with E-state index < -0.39 is 16.4 Å². The topological polar surface area (TPSA) is 88.8 Å². The van der Waals surface area contributed by atoms with Crippen molar-refractivity contribution in [2.24, 2.45) is 11.8 Å². The molecule has 1 aromatic carbocycles. The second kappa shape index (κ2) is 7.70. The highest BCUT2D eigenvalue weighted by atomic mass is 19.1. The van der Waals surface area contributed by atoms with Crippen LogP contribution in [0.15, 0.2) is 18.2 Å². The summed E-state index contributed by atoms with van der Waals surface area (Å²) in [7, 11) is 0. The van der Waals surface area contributed by atoms with Gasteiger partial charge in [0.1, 0.15) is 0 Å². The van der Waals surface area contributed by atoms with E-state index >= 15 is 0 Å². The van der Waals surface area contributed by atoms with Crippen LogP contribution in [0.4, 0.5) is 15.8 Å². The van der Waals surface area contributed by atoms with Gasteiger partial charge in [-0.25, -0.2) is 0 Å². The number of nitro benzene ring substituents is 1. The molecule has 4 atom stereocenters. The summed E-state index contributed by atoms with van der Waals surface area (Å²) in [6, 6.07) is 3.46. The largest absolute Gasteiger partial charge is 0.334 e. The summed E-state index contributed by atoms with van der Waals surface area (Å²) in [5.74, 6) is 0.0416. The SMILES string of the molecule is C[C@H]1[C@@H]([NH2+][C@@H](C)C(=O)Nc2ccc(F)c([N+](=O)[O-])c2)CCC[C@@H]1C. The van der Waals surface area contributed by atoms with Crippen LogP contribution >= 0.6 is 0 Å². The number of quaternary nitrogens is 1. The molecule has 1 amide bonds. The predicted molar refractivity (Wildman–Crippen MR) is 89.0 cm³/mol. The molecular weight excluding hydrogens is 313 g/mol. The monoisotopic (exact) mass is 338 g/mol. The standard InChI is InChI=1S/C17H24FN3O3/c1-10-5-4-6-15(11(10)2)19-12(3)17(22)20-13-7-8-14(18)16(9-13)21(23)24/h7-12,15,19H,4-6H2,1-3H3,(H,20,22)/p+1/t10-,11+,12-,15-/m0/s1. The van der Waals surface area contributed by atoms with Gasteiger partial charge in [-0.05, 0) is 44.2 Å². The number of rotatable bonds is 5. The molecule has 6 nitrogen and oxygen atoms in total. The number of hydrogen-bond donors (Lipinski definition) is 2. The summed E-state index contributed by atoms with van der Waals surface area (Å²) in [4.78, 5) is 22.3. The lowest BCUT2D eigenvalue weighted by Crippen LogP contribution is -2.97. The third-order valence-electron chi connectivity index (χ3n) is 5.13. The molecule has 1 saturated carbocycles. The first kappa shape index (κ1) is 18.3. The molecule has 0 aliphatic heterocycles. The maximum atomic E-state index is 13.3. The van der Waals surface area contributed by atoms with Crippen LogP contribution < -0.4 is 10.6 Å². The third-order valence-corrected chi connectivity index (χ3v) is 5.13. The average Bonchev–Trinajstić information content (AvgIpc) is 2.53. The second-order valence-corrected chi connectivity index (χ2v) is 6.82. The summed E-state index contributed by atoms with van der Waals surface area (Å²) < 4.78 is 13.3. The Bertz CT molecular complexity index is 623. The molecule has 0 heterocycles. The van der Waals surface area contributed by atoms with Crippen molar-refractivity contribution in [2.75, 3.05) is 5.32 Å². The fraction of sp³-hybridized carbons (Fsp3) is 0.588. The van der Waals surface area contributed by atoms with Crippen LogP contribution in [0.1, 0.15) is 40.0 Å². The Hall–Kier alpha value is -2.02. The molecule has 0 spiro atoms. The summed E-state index contributed by atoms with van der Waals surface area (Å²) in [6.45, 7) is 6.28. The summed E-state index contributed by atoms with van der Waals surface area (Å²) in [5.41, 5.74) is -0.405. The average molecular weight is 338 g/mol. The normalized spacial score (nSPS) is 25.1. The van der Waals surface area contributed by atoms with Crippen molar-refractivity contribution in [1.82, 2.24) is 0 Å². The zero-order valence-electron chi connectivity index (χ0n) is 14.3. The third kappa shape index (κ3) is 4.29. The van der Waals surface area contributed by atoms with Crippen LogP contribution in [0.2, 0.25) is 0 Å². The molecule has 3 N–H and O–H groups in total. The molecule has 0 radical (unpaired) electrons. The number of anilines is 1.